The van der Waals surface area contributed by atoms with Gasteiger partial charge in [-0.05, 0) is 37.6 Å². The molecule has 1 atom stereocenters. The number of rotatable bonds is 4. The van der Waals surface area contributed by atoms with E-state index in [9.17, 15) is 4.79 Å². The van der Waals surface area contributed by atoms with E-state index in [1.807, 2.05) is 32.0 Å². The van der Waals surface area contributed by atoms with Gasteiger partial charge in [0.25, 0.3) is 0 Å². The van der Waals surface area contributed by atoms with Crippen molar-refractivity contribution in [3.8, 4) is 0 Å². The molecule has 1 unspecified atom stereocenters. The van der Waals surface area contributed by atoms with Gasteiger partial charge in [-0.15, -0.1) is 0 Å². The number of nitrogens with one attached hydrogen (secondary N) is 1. The second kappa shape index (κ2) is 6.01. The van der Waals surface area contributed by atoms with Crippen molar-refractivity contribution in [2.45, 2.75) is 19.9 Å². The molecule has 4 nitrogen and oxygen atoms in total. The lowest BCUT2D eigenvalue weighted by atomic mass is 10.1. The van der Waals surface area contributed by atoms with E-state index < -0.39 is 5.97 Å². The van der Waals surface area contributed by atoms with E-state index in [2.05, 4.69) is 10.1 Å². The fourth-order valence-corrected chi connectivity index (χ4v) is 2.17. The first-order valence-electron chi connectivity index (χ1n) is 6.22. The zero-order chi connectivity index (χ0) is 14.7. The minimum Gasteiger partial charge on any atom is -0.463 e. The molecule has 0 fully saturated rings. The first-order chi connectivity index (χ1) is 9.52. The normalized spacial score (nSPS) is 12.0. The molecule has 2 rings (SSSR count). The van der Waals surface area contributed by atoms with Crippen molar-refractivity contribution in [3.05, 3.63) is 52.4 Å². The van der Waals surface area contributed by atoms with Crippen LogP contribution in [0.2, 0.25) is 5.02 Å². The molecule has 0 aliphatic heterocycles. The lowest BCUT2D eigenvalue weighted by Gasteiger charge is -2.16. The predicted molar refractivity (Wildman–Crippen MR) is 78.3 cm³/mol. The number of furan rings is 1. The topological polar surface area (TPSA) is 51.5 Å². The fourth-order valence-electron chi connectivity index (χ4n) is 1.90. The Bertz CT molecular complexity index is 601. The summed E-state index contributed by atoms with van der Waals surface area (Å²) in [5.74, 6) is 0.342. The first-order valence-corrected chi connectivity index (χ1v) is 6.60. The number of hydrogen-bond donors (Lipinski definition) is 1. The number of para-hydroxylation sites is 1. The number of carbonyl (C=O) groups excluding carboxylic acids is 1. The summed E-state index contributed by atoms with van der Waals surface area (Å²) in [6.45, 7) is 3.91. The van der Waals surface area contributed by atoms with Crippen LogP contribution in [0.4, 0.5) is 5.69 Å². The van der Waals surface area contributed by atoms with E-state index in [0.717, 1.165) is 11.3 Å². The molecule has 1 aromatic carbocycles. The number of methoxy groups -OCH3 is 1. The van der Waals surface area contributed by atoms with Gasteiger partial charge in [0.05, 0.1) is 23.9 Å². The second-order valence-corrected chi connectivity index (χ2v) is 4.90. The third-order valence-electron chi connectivity index (χ3n) is 3.02. The van der Waals surface area contributed by atoms with Gasteiger partial charge < -0.3 is 14.5 Å². The Morgan fingerprint density at radius 3 is 2.75 bits per heavy atom. The van der Waals surface area contributed by atoms with Crippen LogP contribution in [0.5, 0.6) is 0 Å². The average molecular weight is 294 g/mol. The maximum Gasteiger partial charge on any atom is 0.373 e. The molecular weight excluding hydrogens is 278 g/mol. The van der Waals surface area contributed by atoms with Crippen molar-refractivity contribution < 1.29 is 13.9 Å². The second-order valence-electron chi connectivity index (χ2n) is 4.49. The van der Waals surface area contributed by atoms with Crippen LogP contribution in [-0.4, -0.2) is 13.1 Å². The highest BCUT2D eigenvalue weighted by atomic mass is 35.5. The Kier molecular flexibility index (Phi) is 4.35. The summed E-state index contributed by atoms with van der Waals surface area (Å²) in [6.07, 6.45) is 0. The molecule has 0 amide bonds. The molecule has 0 aliphatic rings. The fraction of sp³-hybridized carbons (Fsp3) is 0.267. The van der Waals surface area contributed by atoms with Crippen LogP contribution in [-0.2, 0) is 4.74 Å². The number of anilines is 1. The molecule has 1 heterocycles. The molecule has 20 heavy (non-hydrogen) atoms. The van der Waals surface area contributed by atoms with Crippen LogP contribution in [0.25, 0.3) is 0 Å². The molecular formula is C15H16ClNO3. The quantitative estimate of drug-likeness (QED) is 0.858. The maximum absolute atomic E-state index is 11.4. The summed E-state index contributed by atoms with van der Waals surface area (Å²) in [6, 6.07) is 8.92. The van der Waals surface area contributed by atoms with Crippen molar-refractivity contribution in [2.24, 2.45) is 0 Å². The number of hydrogen-bond acceptors (Lipinski definition) is 4. The van der Waals surface area contributed by atoms with E-state index in [1.165, 1.54) is 7.11 Å². The van der Waals surface area contributed by atoms with Gasteiger partial charge in [-0.1, -0.05) is 23.7 Å². The van der Waals surface area contributed by atoms with Crippen LogP contribution in [0, 0.1) is 6.92 Å². The SMILES string of the molecule is COC(=O)c1ccc(C(C)Nc2c(C)cccc2Cl)o1. The third kappa shape index (κ3) is 2.96. The predicted octanol–water partition coefficient (Wildman–Crippen LogP) is 4.20. The van der Waals surface area contributed by atoms with Crippen molar-refractivity contribution in [1.82, 2.24) is 0 Å². The summed E-state index contributed by atoms with van der Waals surface area (Å²) in [7, 11) is 1.32. The molecule has 0 spiro atoms. The highest BCUT2D eigenvalue weighted by Crippen LogP contribution is 2.29. The zero-order valence-electron chi connectivity index (χ0n) is 11.6. The van der Waals surface area contributed by atoms with Crippen molar-refractivity contribution in [3.63, 3.8) is 0 Å². The lowest BCUT2D eigenvalue weighted by molar-refractivity contribution is 0.0562. The van der Waals surface area contributed by atoms with Gasteiger partial charge in [0.1, 0.15) is 5.76 Å². The highest BCUT2D eigenvalue weighted by molar-refractivity contribution is 6.33. The summed E-state index contributed by atoms with van der Waals surface area (Å²) in [5.41, 5.74) is 1.90. The number of ether oxygens (including phenoxy) is 1. The highest BCUT2D eigenvalue weighted by Gasteiger charge is 2.16. The molecule has 106 valence electrons. The Balaban J connectivity index is 2.18. The van der Waals surface area contributed by atoms with Crippen LogP contribution < -0.4 is 5.32 Å². The standard InChI is InChI=1S/C15H16ClNO3/c1-9-5-4-6-11(16)14(9)17-10(2)12-7-8-13(20-12)15(18)19-3/h4-8,10,17H,1-3H3. The lowest BCUT2D eigenvalue weighted by Crippen LogP contribution is -2.07. The maximum atomic E-state index is 11.4. The molecule has 2 aromatic rings. The van der Waals surface area contributed by atoms with Gasteiger partial charge in [0.15, 0.2) is 0 Å². The molecule has 0 radical (unpaired) electrons. The van der Waals surface area contributed by atoms with Crippen LogP contribution in [0.1, 0.15) is 34.8 Å². The summed E-state index contributed by atoms with van der Waals surface area (Å²) in [5, 5.41) is 3.94. The molecule has 1 aromatic heterocycles. The van der Waals surface area contributed by atoms with Crippen LogP contribution >= 0.6 is 11.6 Å². The Morgan fingerprint density at radius 2 is 2.10 bits per heavy atom. The molecule has 0 saturated heterocycles. The van der Waals surface area contributed by atoms with Gasteiger partial charge in [0, 0.05) is 0 Å². The largest absolute Gasteiger partial charge is 0.463 e. The van der Waals surface area contributed by atoms with Crippen molar-refractivity contribution in [2.75, 3.05) is 12.4 Å². The smallest absolute Gasteiger partial charge is 0.373 e. The van der Waals surface area contributed by atoms with Gasteiger partial charge in [0.2, 0.25) is 5.76 Å². The van der Waals surface area contributed by atoms with E-state index >= 15 is 0 Å². The average Bonchev–Trinajstić information content (AvgIpc) is 2.92. The Hall–Kier alpha value is -1.94. The zero-order valence-corrected chi connectivity index (χ0v) is 12.3. The Labute approximate surface area is 122 Å². The molecule has 1 N–H and O–H groups in total. The molecule has 0 saturated carbocycles. The van der Waals surface area contributed by atoms with Gasteiger partial charge >= 0.3 is 5.97 Å². The molecule has 0 bridgehead atoms. The van der Waals surface area contributed by atoms with E-state index in [1.54, 1.807) is 12.1 Å². The van der Waals surface area contributed by atoms with E-state index in [4.69, 9.17) is 16.0 Å². The number of carbonyl (C=O) groups is 1. The minimum absolute atomic E-state index is 0.119. The molecule has 0 aliphatic carbocycles. The Morgan fingerprint density at radius 1 is 1.35 bits per heavy atom. The van der Waals surface area contributed by atoms with Gasteiger partial charge in [-0.25, -0.2) is 4.79 Å². The monoisotopic (exact) mass is 293 g/mol. The number of benzene rings is 1. The first kappa shape index (κ1) is 14.5. The van der Waals surface area contributed by atoms with Crippen molar-refractivity contribution >= 4 is 23.3 Å². The number of aryl methyl sites for hydroxylation is 1. The van der Waals surface area contributed by atoms with Crippen LogP contribution in [0.3, 0.4) is 0 Å². The van der Waals surface area contributed by atoms with Gasteiger partial charge in [-0.3, -0.25) is 0 Å². The summed E-state index contributed by atoms with van der Waals surface area (Å²) >= 11 is 6.17. The van der Waals surface area contributed by atoms with E-state index in [0.29, 0.717) is 10.8 Å². The summed E-state index contributed by atoms with van der Waals surface area (Å²) in [4.78, 5) is 11.4. The third-order valence-corrected chi connectivity index (χ3v) is 3.34. The van der Waals surface area contributed by atoms with E-state index in [-0.39, 0.29) is 11.8 Å². The number of esters is 1. The summed E-state index contributed by atoms with van der Waals surface area (Å²) < 4.78 is 10.1. The minimum atomic E-state index is -0.489. The van der Waals surface area contributed by atoms with Crippen LogP contribution in [0.15, 0.2) is 34.7 Å². The number of halogens is 1. The van der Waals surface area contributed by atoms with Gasteiger partial charge in [-0.2, -0.15) is 0 Å². The van der Waals surface area contributed by atoms with Crippen molar-refractivity contribution in [1.29, 1.82) is 0 Å². The molecule has 5 heteroatoms.